The molecule has 166 valence electrons. The number of thiophene rings is 1. The Labute approximate surface area is 188 Å². The molecule has 0 saturated carbocycles. The van der Waals surface area contributed by atoms with Gasteiger partial charge >= 0.3 is 0 Å². The molecule has 2 amide bonds. The van der Waals surface area contributed by atoms with Gasteiger partial charge in [0.25, 0.3) is 11.8 Å². The van der Waals surface area contributed by atoms with Crippen LogP contribution >= 0.6 is 11.3 Å². The van der Waals surface area contributed by atoms with Crippen LogP contribution in [0.5, 0.6) is 11.5 Å². The lowest BCUT2D eigenvalue weighted by molar-refractivity contribution is 0.0846. The molecule has 0 fully saturated rings. The van der Waals surface area contributed by atoms with E-state index < -0.39 is 21.8 Å². The molecule has 2 heterocycles. The molecule has 1 aliphatic heterocycles. The van der Waals surface area contributed by atoms with Crippen LogP contribution in [0.3, 0.4) is 0 Å². The van der Waals surface area contributed by atoms with E-state index in [2.05, 4.69) is 15.6 Å². The number of ether oxygens (including phenoxy) is 2. The highest BCUT2D eigenvalue weighted by atomic mass is 32.2. The number of hydrogen-bond acceptors (Lipinski definition) is 7. The van der Waals surface area contributed by atoms with Gasteiger partial charge in [-0.25, -0.2) is 13.1 Å². The number of carbonyl (C=O) groups excluding carboxylic acids is 2. The monoisotopic (exact) mass is 473 g/mol. The topological polar surface area (TPSA) is 123 Å². The zero-order valence-electron chi connectivity index (χ0n) is 16.7. The number of rotatable bonds is 6. The van der Waals surface area contributed by atoms with E-state index >= 15 is 0 Å². The summed E-state index contributed by atoms with van der Waals surface area (Å²) >= 11 is 1.45. The van der Waals surface area contributed by atoms with E-state index in [0.29, 0.717) is 24.7 Å². The Morgan fingerprint density at radius 1 is 0.875 bits per heavy atom. The summed E-state index contributed by atoms with van der Waals surface area (Å²) in [5, 5.41) is 1.86. The first-order valence-corrected chi connectivity index (χ1v) is 11.9. The first-order chi connectivity index (χ1) is 15.4. The molecule has 0 saturated heterocycles. The maximum absolute atomic E-state index is 12.4. The summed E-state index contributed by atoms with van der Waals surface area (Å²) in [4.78, 5) is 25.6. The number of amides is 2. The fraction of sp³-hybridized carbons (Fsp3) is 0.143. The Bertz CT molecular complexity index is 1220. The van der Waals surface area contributed by atoms with Crippen molar-refractivity contribution in [2.24, 2.45) is 0 Å². The Balaban J connectivity index is 1.34. The van der Waals surface area contributed by atoms with E-state index in [4.69, 9.17) is 9.47 Å². The summed E-state index contributed by atoms with van der Waals surface area (Å²) in [6.45, 7) is 1.03. The Hall–Kier alpha value is -3.41. The molecule has 3 N–H and O–H groups in total. The van der Waals surface area contributed by atoms with Crippen LogP contribution in [-0.4, -0.2) is 33.4 Å². The smallest absolute Gasteiger partial charge is 0.269 e. The Morgan fingerprint density at radius 3 is 2.22 bits per heavy atom. The van der Waals surface area contributed by atoms with Crippen molar-refractivity contribution < 1.29 is 27.5 Å². The molecule has 1 aromatic heterocycles. The minimum absolute atomic E-state index is 0.0333. The van der Waals surface area contributed by atoms with Gasteiger partial charge in [-0.3, -0.25) is 20.4 Å². The first-order valence-electron chi connectivity index (χ1n) is 9.55. The molecule has 0 radical (unpaired) electrons. The van der Waals surface area contributed by atoms with Crippen molar-refractivity contribution >= 4 is 33.2 Å². The third kappa shape index (κ3) is 5.07. The second kappa shape index (κ2) is 9.39. The zero-order valence-corrected chi connectivity index (χ0v) is 18.3. The van der Waals surface area contributed by atoms with Crippen molar-refractivity contribution in [3.05, 3.63) is 76.0 Å². The SMILES string of the molecule is O=C(NNC(=O)c1ccc2c(c1)OCCO2)c1ccc(S(=O)(=O)NCc2cccs2)cc1. The number of carbonyl (C=O) groups is 2. The molecule has 9 nitrogen and oxygen atoms in total. The molecule has 0 unspecified atom stereocenters. The van der Waals surface area contributed by atoms with Crippen molar-refractivity contribution in [3.63, 3.8) is 0 Å². The van der Waals surface area contributed by atoms with E-state index in [-0.39, 0.29) is 22.6 Å². The van der Waals surface area contributed by atoms with Gasteiger partial charge in [-0.2, -0.15) is 0 Å². The number of hydrogen-bond donors (Lipinski definition) is 3. The number of hydrazine groups is 1. The minimum Gasteiger partial charge on any atom is -0.486 e. The second-order valence-corrected chi connectivity index (χ2v) is 9.49. The van der Waals surface area contributed by atoms with Gasteiger partial charge < -0.3 is 9.47 Å². The largest absolute Gasteiger partial charge is 0.486 e. The van der Waals surface area contributed by atoms with Crippen LogP contribution in [0.1, 0.15) is 25.6 Å². The van der Waals surface area contributed by atoms with E-state index in [1.165, 1.54) is 41.7 Å². The van der Waals surface area contributed by atoms with Crippen molar-refractivity contribution in [3.8, 4) is 11.5 Å². The fourth-order valence-corrected chi connectivity index (χ4v) is 4.63. The quantitative estimate of drug-likeness (QED) is 0.471. The highest BCUT2D eigenvalue weighted by molar-refractivity contribution is 7.89. The molecular formula is C21H19N3O6S2. The van der Waals surface area contributed by atoms with E-state index in [0.717, 1.165) is 4.88 Å². The van der Waals surface area contributed by atoms with E-state index in [1.54, 1.807) is 12.1 Å². The van der Waals surface area contributed by atoms with E-state index in [9.17, 15) is 18.0 Å². The van der Waals surface area contributed by atoms with Crippen LogP contribution in [-0.2, 0) is 16.6 Å². The third-order valence-corrected chi connectivity index (χ3v) is 6.83. The molecule has 0 spiro atoms. The summed E-state index contributed by atoms with van der Waals surface area (Å²) in [5.41, 5.74) is 5.10. The molecule has 3 aromatic rings. The van der Waals surface area contributed by atoms with Gasteiger partial charge in [0.15, 0.2) is 11.5 Å². The number of sulfonamides is 1. The molecular weight excluding hydrogens is 454 g/mol. The molecule has 0 atom stereocenters. The molecule has 0 bridgehead atoms. The van der Waals surface area contributed by atoms with Crippen molar-refractivity contribution in [2.45, 2.75) is 11.4 Å². The van der Waals surface area contributed by atoms with Gasteiger partial charge in [-0.05, 0) is 53.9 Å². The summed E-state index contributed by atoms with van der Waals surface area (Å²) in [7, 11) is -3.72. The van der Waals surface area contributed by atoms with Crippen molar-refractivity contribution in [1.29, 1.82) is 0 Å². The van der Waals surface area contributed by atoms with Gasteiger partial charge in [0.1, 0.15) is 13.2 Å². The van der Waals surface area contributed by atoms with Gasteiger partial charge in [0, 0.05) is 22.5 Å². The predicted octanol–water partition coefficient (Wildman–Crippen LogP) is 2.07. The van der Waals surface area contributed by atoms with Gasteiger partial charge in [-0.15, -0.1) is 11.3 Å². The third-order valence-electron chi connectivity index (χ3n) is 4.54. The lowest BCUT2D eigenvalue weighted by Crippen LogP contribution is -2.41. The summed E-state index contributed by atoms with van der Waals surface area (Å²) < 4.78 is 38.2. The number of benzene rings is 2. The lowest BCUT2D eigenvalue weighted by atomic mass is 10.2. The van der Waals surface area contributed by atoms with E-state index in [1.807, 2.05) is 17.5 Å². The number of fused-ring (bicyclic) bond motifs is 1. The first kappa shape index (κ1) is 21.8. The van der Waals surface area contributed by atoms with Crippen LogP contribution in [0.4, 0.5) is 0 Å². The average molecular weight is 474 g/mol. The highest BCUT2D eigenvalue weighted by Crippen LogP contribution is 2.30. The summed E-state index contributed by atoms with van der Waals surface area (Å²) in [6.07, 6.45) is 0. The molecule has 32 heavy (non-hydrogen) atoms. The van der Waals surface area contributed by atoms with Gasteiger partial charge in [0.2, 0.25) is 10.0 Å². The summed E-state index contributed by atoms with van der Waals surface area (Å²) in [6, 6.07) is 13.8. The van der Waals surface area contributed by atoms with Gasteiger partial charge in [-0.1, -0.05) is 6.07 Å². The second-order valence-electron chi connectivity index (χ2n) is 6.69. The van der Waals surface area contributed by atoms with Crippen LogP contribution in [0, 0.1) is 0 Å². The molecule has 4 rings (SSSR count). The van der Waals surface area contributed by atoms with Crippen LogP contribution in [0.25, 0.3) is 0 Å². The molecule has 2 aromatic carbocycles. The predicted molar refractivity (Wildman–Crippen MR) is 117 cm³/mol. The highest BCUT2D eigenvalue weighted by Gasteiger charge is 2.17. The maximum atomic E-state index is 12.4. The number of nitrogens with one attached hydrogen (secondary N) is 3. The summed E-state index contributed by atoms with van der Waals surface area (Å²) in [5.74, 6) is -0.116. The standard InChI is InChI=1S/C21H19N3O6S2/c25-20(23-24-21(26)15-5-8-18-19(12-15)30-10-9-29-18)14-3-6-17(7-4-14)32(27,28)22-13-16-2-1-11-31-16/h1-8,11-12,22H,9-10,13H2,(H,23,25)(H,24,26). The normalized spacial score (nSPS) is 12.8. The maximum Gasteiger partial charge on any atom is 0.269 e. The van der Waals surface area contributed by atoms with Crippen LogP contribution < -0.4 is 25.0 Å². The Morgan fingerprint density at radius 2 is 1.53 bits per heavy atom. The lowest BCUT2D eigenvalue weighted by Gasteiger charge is -2.18. The zero-order chi connectivity index (χ0) is 22.6. The molecule has 1 aliphatic rings. The molecule has 11 heteroatoms. The van der Waals surface area contributed by atoms with Crippen molar-refractivity contribution in [1.82, 2.24) is 15.6 Å². The van der Waals surface area contributed by atoms with Crippen LogP contribution in [0.2, 0.25) is 0 Å². The van der Waals surface area contributed by atoms with Crippen LogP contribution in [0.15, 0.2) is 64.9 Å². The van der Waals surface area contributed by atoms with Crippen molar-refractivity contribution in [2.75, 3.05) is 13.2 Å². The average Bonchev–Trinajstić information content (AvgIpc) is 3.35. The fourth-order valence-electron chi connectivity index (χ4n) is 2.89. The van der Waals surface area contributed by atoms with Gasteiger partial charge in [0.05, 0.1) is 4.90 Å². The minimum atomic E-state index is -3.72. The molecule has 0 aliphatic carbocycles. The Kier molecular flexibility index (Phi) is 6.40.